The Kier molecular flexibility index (Phi) is 8.71. The average Bonchev–Trinajstić information content (AvgIpc) is 3.80. The van der Waals surface area contributed by atoms with E-state index < -0.39 is 11.7 Å². The highest BCUT2D eigenvalue weighted by atomic mass is 19.4. The van der Waals surface area contributed by atoms with Gasteiger partial charge in [0.25, 0.3) is 0 Å². The Morgan fingerprint density at radius 2 is 1.78 bits per heavy atom. The summed E-state index contributed by atoms with van der Waals surface area (Å²) in [5.74, 6) is 1.12. The second-order valence-corrected chi connectivity index (χ2v) is 12.7. The lowest BCUT2D eigenvalue weighted by Gasteiger charge is -2.40. The molecule has 0 spiro atoms. The Balaban J connectivity index is 1.22. The zero-order valence-electron chi connectivity index (χ0n) is 28.3. The van der Waals surface area contributed by atoms with Crippen LogP contribution < -0.4 is 10.2 Å². The number of alkyl halides is 3. The van der Waals surface area contributed by atoms with E-state index in [2.05, 4.69) is 70.0 Å². The minimum absolute atomic E-state index is 0.0882. The van der Waals surface area contributed by atoms with E-state index >= 15 is 0 Å². The summed E-state index contributed by atoms with van der Waals surface area (Å²) in [6.45, 7) is 18.4. The number of nitrogens with zero attached hydrogens (tertiary/aromatic N) is 7. The van der Waals surface area contributed by atoms with Crippen LogP contribution in [-0.2, 0) is 6.18 Å². The van der Waals surface area contributed by atoms with E-state index in [-0.39, 0.29) is 11.6 Å². The van der Waals surface area contributed by atoms with Gasteiger partial charge in [0.15, 0.2) is 0 Å². The first-order valence-corrected chi connectivity index (χ1v) is 16.8. The Bertz CT molecular complexity index is 2100. The number of fused-ring (bicyclic) bond motifs is 1. The van der Waals surface area contributed by atoms with Crippen molar-refractivity contribution in [3.05, 3.63) is 126 Å². The van der Waals surface area contributed by atoms with Crippen molar-refractivity contribution in [2.45, 2.75) is 25.9 Å². The van der Waals surface area contributed by atoms with Crippen LogP contribution >= 0.6 is 0 Å². The molecule has 3 aliphatic rings. The molecule has 4 aromatic rings. The Morgan fingerprint density at radius 3 is 2.48 bits per heavy atom. The summed E-state index contributed by atoms with van der Waals surface area (Å²) >= 11 is 0. The number of amidine groups is 1. The third-order valence-corrected chi connectivity index (χ3v) is 9.93. The van der Waals surface area contributed by atoms with E-state index in [1.165, 1.54) is 10.7 Å². The zero-order chi connectivity index (χ0) is 35.2. The smallest absolute Gasteiger partial charge is 0.388 e. The lowest BCUT2D eigenvalue weighted by molar-refractivity contribution is -0.137. The summed E-state index contributed by atoms with van der Waals surface area (Å²) in [4.78, 5) is 12.0. The minimum Gasteiger partial charge on any atom is -0.388 e. The van der Waals surface area contributed by atoms with Gasteiger partial charge in [-0.05, 0) is 73.5 Å². The van der Waals surface area contributed by atoms with Crippen molar-refractivity contribution in [3.8, 4) is 5.69 Å². The quantitative estimate of drug-likeness (QED) is 0.195. The number of hydrogen-bond donors (Lipinski definition) is 1. The van der Waals surface area contributed by atoms with Gasteiger partial charge < -0.3 is 15.1 Å². The van der Waals surface area contributed by atoms with Crippen molar-refractivity contribution >= 4 is 34.0 Å². The highest BCUT2D eigenvalue weighted by Gasteiger charge is 2.39. The highest BCUT2D eigenvalue weighted by Crippen LogP contribution is 2.41. The number of benzene rings is 3. The van der Waals surface area contributed by atoms with Gasteiger partial charge >= 0.3 is 6.18 Å². The van der Waals surface area contributed by atoms with Crippen LogP contribution in [0.3, 0.4) is 0 Å². The van der Waals surface area contributed by atoms with Crippen LogP contribution in [0.25, 0.3) is 28.1 Å². The molecule has 0 radical (unpaired) electrons. The molecule has 256 valence electrons. The van der Waals surface area contributed by atoms with Crippen LogP contribution in [0.2, 0.25) is 0 Å². The highest BCUT2D eigenvalue weighted by molar-refractivity contribution is 6.05. The van der Waals surface area contributed by atoms with E-state index in [4.69, 9.17) is 4.99 Å². The maximum atomic E-state index is 14.6. The molecule has 3 aliphatic heterocycles. The normalized spacial score (nSPS) is 18.3. The van der Waals surface area contributed by atoms with Crippen molar-refractivity contribution in [2.24, 2.45) is 10.9 Å². The number of aliphatic imine (C=N–C) groups is 1. The number of allylic oxidation sites excluding steroid dienone is 1. The summed E-state index contributed by atoms with van der Waals surface area (Å²) in [6, 6.07) is 19.5. The summed E-state index contributed by atoms with van der Waals surface area (Å²) < 4.78 is 44.9. The molecular weight excluding hydrogens is 637 g/mol. The van der Waals surface area contributed by atoms with E-state index in [0.717, 1.165) is 71.9 Å². The molecule has 1 saturated heterocycles. The van der Waals surface area contributed by atoms with E-state index in [1.807, 2.05) is 24.1 Å². The van der Waals surface area contributed by atoms with Crippen LogP contribution in [0.15, 0.2) is 114 Å². The first-order chi connectivity index (χ1) is 24.1. The molecule has 1 atom stereocenters. The molecule has 8 nitrogen and oxygen atoms in total. The largest absolute Gasteiger partial charge is 0.418 e. The Labute approximate surface area is 289 Å². The number of aromatic nitrogens is 3. The monoisotopic (exact) mass is 676 g/mol. The first kappa shape index (κ1) is 33.1. The van der Waals surface area contributed by atoms with Crippen LogP contribution in [0.4, 0.5) is 18.9 Å². The fourth-order valence-electron chi connectivity index (χ4n) is 7.14. The van der Waals surface area contributed by atoms with Gasteiger partial charge in [-0.25, -0.2) is 9.67 Å². The second-order valence-electron chi connectivity index (χ2n) is 12.7. The Hall–Kier alpha value is -5.38. The molecule has 1 unspecified atom stereocenters. The molecule has 4 heterocycles. The van der Waals surface area contributed by atoms with Crippen LogP contribution in [0.1, 0.15) is 36.5 Å². The fourth-order valence-corrected chi connectivity index (χ4v) is 7.14. The van der Waals surface area contributed by atoms with Gasteiger partial charge in [-0.15, -0.1) is 10.8 Å². The molecule has 1 aromatic heterocycles. The molecular formula is C39H39F3N8. The summed E-state index contributed by atoms with van der Waals surface area (Å²) in [7, 11) is 1.85. The van der Waals surface area contributed by atoms with Gasteiger partial charge in [-0.3, -0.25) is 4.90 Å². The average molecular weight is 677 g/mol. The lowest BCUT2D eigenvalue weighted by Crippen LogP contribution is -2.43. The fraction of sp³-hybridized carbons (Fsp3) is 0.282. The molecule has 1 N–H and O–H groups in total. The molecule has 0 amide bonds. The Morgan fingerprint density at radius 1 is 1.02 bits per heavy atom. The minimum atomic E-state index is -4.63. The van der Waals surface area contributed by atoms with Gasteiger partial charge in [0.2, 0.25) is 0 Å². The number of para-hydroxylation sites is 1. The van der Waals surface area contributed by atoms with Crippen molar-refractivity contribution in [2.75, 3.05) is 44.7 Å². The van der Waals surface area contributed by atoms with Gasteiger partial charge in [-0.1, -0.05) is 62.2 Å². The summed E-state index contributed by atoms with van der Waals surface area (Å²) in [6.07, 6.45) is -3.05. The number of anilines is 1. The number of likely N-dealkylation sites (tertiary alicyclic amines) is 1. The maximum Gasteiger partial charge on any atom is 0.418 e. The lowest BCUT2D eigenvalue weighted by atomic mass is 9.94. The van der Waals surface area contributed by atoms with Crippen LogP contribution in [-0.4, -0.2) is 70.4 Å². The predicted molar refractivity (Wildman–Crippen MR) is 193 cm³/mol. The third kappa shape index (κ3) is 5.93. The topological polar surface area (TPSA) is 64.8 Å². The van der Waals surface area contributed by atoms with Crippen LogP contribution in [0, 0.1) is 5.92 Å². The van der Waals surface area contributed by atoms with E-state index in [1.54, 1.807) is 30.3 Å². The maximum absolute atomic E-state index is 14.6. The van der Waals surface area contributed by atoms with E-state index in [9.17, 15) is 13.2 Å². The van der Waals surface area contributed by atoms with Gasteiger partial charge in [-0.2, -0.15) is 13.2 Å². The number of nitrogens with one attached hydrogen (secondary N) is 1. The van der Waals surface area contributed by atoms with Gasteiger partial charge in [0.1, 0.15) is 11.4 Å². The van der Waals surface area contributed by atoms with E-state index in [0.29, 0.717) is 41.8 Å². The predicted octanol–water partition coefficient (Wildman–Crippen LogP) is 7.49. The third-order valence-electron chi connectivity index (χ3n) is 9.93. The van der Waals surface area contributed by atoms with Crippen molar-refractivity contribution in [1.29, 1.82) is 0 Å². The number of halogens is 3. The van der Waals surface area contributed by atoms with Crippen molar-refractivity contribution < 1.29 is 13.2 Å². The first-order valence-electron chi connectivity index (χ1n) is 16.8. The summed E-state index contributed by atoms with van der Waals surface area (Å²) in [5.41, 5.74) is 9.81. The van der Waals surface area contributed by atoms with Crippen molar-refractivity contribution in [3.63, 3.8) is 0 Å². The molecule has 1 fully saturated rings. The number of rotatable bonds is 8. The van der Waals surface area contributed by atoms with Crippen molar-refractivity contribution in [1.82, 2.24) is 30.1 Å². The number of hydrogen-bond acceptors (Lipinski definition) is 7. The molecule has 50 heavy (non-hydrogen) atoms. The standard InChI is InChI=1S/C39H39F3N8/c1-6-35-31-19-21-48(26(4)28-14-17-36(32(22-28)39(40,41)42)50-37-11-9-8-10-33(37)45-46-50)24-34(31)44-38(29-18-20-47(7-2)23-29)49(35)30-15-12-27(13-16-30)25(3)43-5/h8-17,22,29,43H,1,3-4,7,18-21,23-24H2,2,5H3. The molecule has 0 aliphatic carbocycles. The molecule has 11 heteroatoms. The summed E-state index contributed by atoms with van der Waals surface area (Å²) in [5, 5.41) is 11.2. The molecule has 7 rings (SSSR count). The molecule has 3 aromatic carbocycles. The second kappa shape index (κ2) is 13.2. The zero-order valence-corrected chi connectivity index (χ0v) is 28.3. The molecule has 0 bridgehead atoms. The van der Waals surface area contributed by atoms with Gasteiger partial charge in [0, 0.05) is 48.7 Å². The van der Waals surface area contributed by atoms with Crippen LogP contribution in [0.5, 0.6) is 0 Å². The van der Waals surface area contributed by atoms with Gasteiger partial charge in [0.05, 0.1) is 34.7 Å². The molecule has 0 saturated carbocycles. The SMILES string of the molecule is C=C=C1C2=C(CN(C(=C)c3ccc(-n4nnc5ccccc54)c(C(F)(F)F)c3)CC2)N=C(C2CCN(CC)C2)N1c1ccc(C(=C)NC)cc1.